The summed E-state index contributed by atoms with van der Waals surface area (Å²) in [6, 6.07) is 4.13. The normalized spacial score (nSPS) is 10.7. The lowest BCUT2D eigenvalue weighted by molar-refractivity contribution is 0.718. The van der Waals surface area contributed by atoms with Crippen LogP contribution < -0.4 is 5.32 Å². The summed E-state index contributed by atoms with van der Waals surface area (Å²) in [5.74, 6) is 0. The molecule has 3 nitrogen and oxygen atoms in total. The van der Waals surface area contributed by atoms with Gasteiger partial charge in [-0.3, -0.25) is 0 Å². The molecule has 2 heterocycles. The molecule has 0 unspecified atom stereocenters. The van der Waals surface area contributed by atoms with E-state index in [2.05, 4.69) is 27.0 Å². The number of aryl methyl sites for hydroxylation is 1. The monoisotopic (exact) mass is 239 g/mol. The first-order valence-electron chi connectivity index (χ1n) is 4.91. The van der Waals surface area contributed by atoms with Gasteiger partial charge in [0.05, 0.1) is 4.88 Å². The van der Waals surface area contributed by atoms with E-state index in [1.165, 1.54) is 4.88 Å². The Kier molecular flexibility index (Phi) is 3.82. The first-order chi connectivity index (χ1) is 7.40. The molecule has 2 rings (SSSR count). The third-order valence-corrected chi connectivity index (χ3v) is 4.04. The van der Waals surface area contributed by atoms with E-state index >= 15 is 0 Å². The molecule has 0 radical (unpaired) electrons. The molecule has 2 aromatic heterocycles. The maximum absolute atomic E-state index is 4.20. The van der Waals surface area contributed by atoms with Gasteiger partial charge in [-0.05, 0) is 31.5 Å². The highest BCUT2D eigenvalue weighted by molar-refractivity contribution is 7.20. The second-order valence-electron chi connectivity index (χ2n) is 3.19. The van der Waals surface area contributed by atoms with Crippen molar-refractivity contribution in [2.24, 2.45) is 0 Å². The zero-order chi connectivity index (χ0) is 10.5. The van der Waals surface area contributed by atoms with Gasteiger partial charge >= 0.3 is 0 Å². The van der Waals surface area contributed by atoms with Crippen LogP contribution in [0.25, 0.3) is 9.88 Å². The molecule has 2 aromatic rings. The minimum atomic E-state index is 1.02. The van der Waals surface area contributed by atoms with Gasteiger partial charge in [0.1, 0.15) is 5.01 Å². The summed E-state index contributed by atoms with van der Waals surface area (Å²) in [6.45, 7) is 1.04. The Bertz CT molecular complexity index is 394. The van der Waals surface area contributed by atoms with Crippen molar-refractivity contribution < 1.29 is 0 Å². The second-order valence-corrected chi connectivity index (χ2v) is 5.20. The lowest BCUT2D eigenvalue weighted by atomic mass is 10.3. The third-order valence-electron chi connectivity index (χ3n) is 2.02. The van der Waals surface area contributed by atoms with Gasteiger partial charge in [0, 0.05) is 6.42 Å². The van der Waals surface area contributed by atoms with E-state index in [1.807, 2.05) is 13.1 Å². The highest BCUT2D eigenvalue weighted by atomic mass is 32.1. The number of nitrogens with zero attached hydrogens (tertiary/aromatic N) is 2. The smallest absolute Gasteiger partial charge is 0.157 e. The summed E-state index contributed by atoms with van der Waals surface area (Å²) in [5, 5.41) is 15.8. The fraction of sp³-hybridized carbons (Fsp3) is 0.400. The van der Waals surface area contributed by atoms with E-state index < -0.39 is 0 Å². The van der Waals surface area contributed by atoms with Crippen LogP contribution >= 0.6 is 22.7 Å². The quantitative estimate of drug-likeness (QED) is 0.814. The molecule has 1 N–H and O–H groups in total. The SMILES string of the molecule is CNCCCc1nnc(-c2cccs2)s1. The highest BCUT2D eigenvalue weighted by Gasteiger charge is 2.06. The van der Waals surface area contributed by atoms with E-state index in [0.29, 0.717) is 0 Å². The van der Waals surface area contributed by atoms with Gasteiger partial charge < -0.3 is 5.32 Å². The Balaban J connectivity index is 1.98. The summed E-state index contributed by atoms with van der Waals surface area (Å²) >= 11 is 3.41. The van der Waals surface area contributed by atoms with Gasteiger partial charge in [-0.25, -0.2) is 0 Å². The van der Waals surface area contributed by atoms with Crippen LogP contribution in [0.15, 0.2) is 17.5 Å². The molecule has 5 heteroatoms. The molecule has 0 fully saturated rings. The predicted molar refractivity (Wildman–Crippen MR) is 65.5 cm³/mol. The Morgan fingerprint density at radius 1 is 1.40 bits per heavy atom. The van der Waals surface area contributed by atoms with Gasteiger partial charge in [-0.15, -0.1) is 21.5 Å². The number of hydrogen-bond acceptors (Lipinski definition) is 5. The fourth-order valence-electron chi connectivity index (χ4n) is 1.27. The molecular weight excluding hydrogens is 226 g/mol. The van der Waals surface area contributed by atoms with Crippen molar-refractivity contribution in [2.75, 3.05) is 13.6 Å². The molecule has 0 bridgehead atoms. The molecule has 0 aliphatic carbocycles. The lowest BCUT2D eigenvalue weighted by Gasteiger charge is -1.94. The van der Waals surface area contributed by atoms with Crippen molar-refractivity contribution in [1.82, 2.24) is 15.5 Å². The predicted octanol–water partition coefficient (Wildman–Crippen LogP) is 2.42. The zero-order valence-corrected chi connectivity index (χ0v) is 10.2. The van der Waals surface area contributed by atoms with Crippen LogP contribution in [0.4, 0.5) is 0 Å². The molecule has 80 valence electrons. The van der Waals surface area contributed by atoms with Crippen LogP contribution in [-0.4, -0.2) is 23.8 Å². The van der Waals surface area contributed by atoms with Crippen molar-refractivity contribution >= 4 is 22.7 Å². The fourth-order valence-corrected chi connectivity index (χ4v) is 2.94. The van der Waals surface area contributed by atoms with E-state index in [4.69, 9.17) is 0 Å². The maximum atomic E-state index is 4.20. The summed E-state index contributed by atoms with van der Waals surface area (Å²) in [6.07, 6.45) is 2.14. The number of thiophene rings is 1. The topological polar surface area (TPSA) is 37.8 Å². The standard InChI is InChI=1S/C10H13N3S2/c1-11-6-2-5-9-12-13-10(15-9)8-4-3-7-14-8/h3-4,7,11H,2,5-6H2,1H3. The first-order valence-corrected chi connectivity index (χ1v) is 6.60. The van der Waals surface area contributed by atoms with Gasteiger partial charge in [0.25, 0.3) is 0 Å². The Labute approximate surface area is 97.2 Å². The molecule has 0 aliphatic heterocycles. The lowest BCUT2D eigenvalue weighted by Crippen LogP contribution is -2.08. The molecule has 0 saturated heterocycles. The highest BCUT2D eigenvalue weighted by Crippen LogP contribution is 2.27. The largest absolute Gasteiger partial charge is 0.320 e. The number of aromatic nitrogens is 2. The van der Waals surface area contributed by atoms with Crippen molar-refractivity contribution in [3.63, 3.8) is 0 Å². The molecule has 0 aromatic carbocycles. The summed E-state index contributed by atoms with van der Waals surface area (Å²) in [4.78, 5) is 1.22. The Morgan fingerprint density at radius 2 is 2.33 bits per heavy atom. The summed E-state index contributed by atoms with van der Waals surface area (Å²) < 4.78 is 0. The van der Waals surface area contributed by atoms with Crippen molar-refractivity contribution in [2.45, 2.75) is 12.8 Å². The van der Waals surface area contributed by atoms with Crippen LogP contribution in [0.2, 0.25) is 0 Å². The van der Waals surface area contributed by atoms with E-state index in [-0.39, 0.29) is 0 Å². The average Bonchev–Trinajstić information content (AvgIpc) is 2.87. The molecular formula is C10H13N3S2. The number of hydrogen-bond donors (Lipinski definition) is 1. The Hall–Kier alpha value is -0.780. The molecule has 0 saturated carbocycles. The summed E-state index contributed by atoms with van der Waals surface area (Å²) in [7, 11) is 1.97. The molecule has 0 amide bonds. The van der Waals surface area contributed by atoms with E-state index in [1.54, 1.807) is 22.7 Å². The van der Waals surface area contributed by atoms with Crippen LogP contribution in [0.5, 0.6) is 0 Å². The second kappa shape index (κ2) is 5.34. The maximum Gasteiger partial charge on any atom is 0.157 e. The van der Waals surface area contributed by atoms with Crippen molar-refractivity contribution in [3.8, 4) is 9.88 Å². The minimum absolute atomic E-state index is 1.02. The molecule has 0 atom stereocenters. The third kappa shape index (κ3) is 2.84. The number of nitrogens with one attached hydrogen (secondary N) is 1. The van der Waals surface area contributed by atoms with Crippen LogP contribution in [-0.2, 0) is 6.42 Å². The number of rotatable bonds is 5. The van der Waals surface area contributed by atoms with Gasteiger partial charge in [-0.2, -0.15) is 0 Å². The van der Waals surface area contributed by atoms with Crippen LogP contribution in [0, 0.1) is 0 Å². The van der Waals surface area contributed by atoms with Crippen LogP contribution in [0.1, 0.15) is 11.4 Å². The molecule has 0 aliphatic rings. The minimum Gasteiger partial charge on any atom is -0.320 e. The van der Waals surface area contributed by atoms with Gasteiger partial charge in [0.2, 0.25) is 0 Å². The molecule has 0 spiro atoms. The van der Waals surface area contributed by atoms with E-state index in [9.17, 15) is 0 Å². The average molecular weight is 239 g/mol. The van der Waals surface area contributed by atoms with Crippen molar-refractivity contribution in [3.05, 3.63) is 22.5 Å². The van der Waals surface area contributed by atoms with Crippen molar-refractivity contribution in [1.29, 1.82) is 0 Å². The van der Waals surface area contributed by atoms with Crippen LogP contribution in [0.3, 0.4) is 0 Å². The zero-order valence-electron chi connectivity index (χ0n) is 8.56. The van der Waals surface area contributed by atoms with E-state index in [0.717, 1.165) is 29.4 Å². The Morgan fingerprint density at radius 3 is 3.07 bits per heavy atom. The first kappa shape index (κ1) is 10.7. The van der Waals surface area contributed by atoms with Gasteiger partial charge in [-0.1, -0.05) is 17.4 Å². The van der Waals surface area contributed by atoms with Gasteiger partial charge in [0.15, 0.2) is 5.01 Å². The molecule has 15 heavy (non-hydrogen) atoms. The summed E-state index contributed by atoms with van der Waals surface area (Å²) in [5.41, 5.74) is 0.